The molecule has 40 heavy (non-hydrogen) atoms. The summed E-state index contributed by atoms with van der Waals surface area (Å²) in [6.07, 6.45) is 3.84. The molecule has 0 amide bonds. The summed E-state index contributed by atoms with van der Waals surface area (Å²) in [5, 5.41) is 0. The van der Waals surface area contributed by atoms with Crippen LogP contribution in [0.3, 0.4) is 0 Å². The smallest absolute Gasteiger partial charge is 0.0702 e. The van der Waals surface area contributed by atoms with E-state index in [1.165, 1.54) is 55.6 Å². The second-order valence-corrected chi connectivity index (χ2v) is 10.7. The lowest BCUT2D eigenvalue weighted by atomic mass is 9.86. The van der Waals surface area contributed by atoms with Crippen molar-refractivity contribution in [3.63, 3.8) is 0 Å². The maximum absolute atomic E-state index is 4.62. The Morgan fingerprint density at radius 2 is 0.800 bits per heavy atom. The number of pyridine rings is 2. The van der Waals surface area contributed by atoms with Crippen LogP contribution in [0.5, 0.6) is 0 Å². The van der Waals surface area contributed by atoms with Crippen molar-refractivity contribution >= 4 is 0 Å². The molecule has 6 rings (SSSR count). The van der Waals surface area contributed by atoms with Crippen molar-refractivity contribution in [1.82, 2.24) is 9.97 Å². The number of rotatable bonds is 5. The largest absolute Gasteiger partial charge is 0.256 e. The molecule has 0 radical (unpaired) electrons. The van der Waals surface area contributed by atoms with Crippen LogP contribution in [0, 0.1) is 27.7 Å². The molecule has 0 spiro atoms. The summed E-state index contributed by atoms with van der Waals surface area (Å²) in [5.74, 6) is 0. The van der Waals surface area contributed by atoms with E-state index >= 15 is 0 Å². The van der Waals surface area contributed by atoms with Crippen LogP contribution >= 0.6 is 0 Å². The Kier molecular flexibility index (Phi) is 6.84. The van der Waals surface area contributed by atoms with Gasteiger partial charge in [0.25, 0.3) is 0 Å². The lowest BCUT2D eigenvalue weighted by molar-refractivity contribution is 1.27. The molecule has 194 valence electrons. The summed E-state index contributed by atoms with van der Waals surface area (Å²) in [6, 6.07) is 39.4. The Hall–Kier alpha value is -4.82. The van der Waals surface area contributed by atoms with Crippen LogP contribution in [0.4, 0.5) is 0 Å². The average Bonchev–Trinajstić information content (AvgIpc) is 2.97. The highest BCUT2D eigenvalue weighted by Gasteiger charge is 2.15. The Bertz CT molecular complexity index is 1650. The normalized spacial score (nSPS) is 11.0. The van der Waals surface area contributed by atoms with Crippen LogP contribution in [0.25, 0.3) is 55.9 Å². The van der Waals surface area contributed by atoms with E-state index in [4.69, 9.17) is 0 Å². The first kappa shape index (κ1) is 25.5. The van der Waals surface area contributed by atoms with Gasteiger partial charge in [-0.05, 0) is 84.3 Å². The van der Waals surface area contributed by atoms with Gasteiger partial charge in [0.1, 0.15) is 0 Å². The number of benzene rings is 4. The van der Waals surface area contributed by atoms with Crippen LogP contribution in [-0.2, 0) is 0 Å². The van der Waals surface area contributed by atoms with E-state index in [2.05, 4.69) is 147 Å². The Balaban J connectivity index is 1.47. The van der Waals surface area contributed by atoms with Gasteiger partial charge >= 0.3 is 0 Å². The van der Waals surface area contributed by atoms with Gasteiger partial charge in [-0.2, -0.15) is 0 Å². The summed E-state index contributed by atoms with van der Waals surface area (Å²) in [5.41, 5.74) is 16.4. The minimum absolute atomic E-state index is 0.989. The summed E-state index contributed by atoms with van der Waals surface area (Å²) >= 11 is 0. The lowest BCUT2D eigenvalue weighted by Crippen LogP contribution is -1.93. The minimum atomic E-state index is 0.989. The minimum Gasteiger partial charge on any atom is -0.256 e. The predicted octanol–water partition coefficient (Wildman–Crippen LogP) is 10.0. The molecular weight excluding hydrogens is 484 g/mol. The molecule has 0 saturated carbocycles. The van der Waals surface area contributed by atoms with Gasteiger partial charge < -0.3 is 0 Å². The monoisotopic (exact) mass is 516 g/mol. The molecule has 0 N–H and O–H groups in total. The highest BCUT2D eigenvalue weighted by molar-refractivity contribution is 5.95. The fourth-order valence-electron chi connectivity index (χ4n) is 5.38. The Labute approximate surface area is 237 Å². The molecule has 0 aliphatic heterocycles. The summed E-state index contributed by atoms with van der Waals surface area (Å²) < 4.78 is 0. The number of aryl methyl sites for hydroxylation is 4. The fraction of sp³-hybridized carbons (Fsp3) is 0.105. The van der Waals surface area contributed by atoms with E-state index in [9.17, 15) is 0 Å². The van der Waals surface area contributed by atoms with Gasteiger partial charge in [0, 0.05) is 23.5 Å². The van der Waals surface area contributed by atoms with Crippen molar-refractivity contribution in [2.75, 3.05) is 0 Å². The standard InChI is InChI=1S/C38H32N2/c1-25-8-18-36(39-23-25)31-14-10-29(11-15-31)34-6-5-7-35(38(34)33-21-27(3)20-28(4)22-33)30-12-16-32(17-13-30)37-19-9-26(2)24-40-37/h5-24H,1-4H3. The van der Waals surface area contributed by atoms with Crippen LogP contribution < -0.4 is 0 Å². The van der Waals surface area contributed by atoms with Crippen molar-refractivity contribution in [1.29, 1.82) is 0 Å². The van der Waals surface area contributed by atoms with Gasteiger partial charge in [-0.1, -0.05) is 108 Å². The van der Waals surface area contributed by atoms with E-state index in [1.807, 2.05) is 12.4 Å². The van der Waals surface area contributed by atoms with Crippen molar-refractivity contribution in [3.05, 3.63) is 144 Å². The van der Waals surface area contributed by atoms with Crippen LogP contribution in [-0.4, -0.2) is 9.97 Å². The molecule has 0 fully saturated rings. The maximum atomic E-state index is 4.62. The third-order valence-electron chi connectivity index (χ3n) is 7.38. The molecule has 0 saturated heterocycles. The molecule has 6 aromatic rings. The van der Waals surface area contributed by atoms with Gasteiger partial charge in [-0.15, -0.1) is 0 Å². The van der Waals surface area contributed by atoms with E-state index in [0.29, 0.717) is 0 Å². The van der Waals surface area contributed by atoms with Gasteiger partial charge in [-0.25, -0.2) is 0 Å². The molecule has 2 nitrogen and oxygen atoms in total. The Morgan fingerprint density at radius 1 is 0.375 bits per heavy atom. The number of aromatic nitrogens is 2. The molecule has 0 aliphatic rings. The summed E-state index contributed by atoms with van der Waals surface area (Å²) in [4.78, 5) is 9.24. The van der Waals surface area contributed by atoms with Crippen molar-refractivity contribution in [3.8, 4) is 55.9 Å². The summed E-state index contributed by atoms with van der Waals surface area (Å²) in [7, 11) is 0. The SMILES string of the molecule is Cc1ccc(-c2ccc(-c3cccc(-c4ccc(-c5ccc(C)cn5)cc4)c3-c3cc(C)cc(C)c3)cc2)nc1. The van der Waals surface area contributed by atoms with E-state index in [1.54, 1.807) is 0 Å². The molecule has 0 bridgehead atoms. The first-order valence-corrected chi connectivity index (χ1v) is 13.7. The van der Waals surface area contributed by atoms with Gasteiger partial charge in [0.15, 0.2) is 0 Å². The van der Waals surface area contributed by atoms with Crippen LogP contribution in [0.2, 0.25) is 0 Å². The molecule has 0 atom stereocenters. The predicted molar refractivity (Wildman–Crippen MR) is 168 cm³/mol. The van der Waals surface area contributed by atoms with Crippen molar-refractivity contribution in [2.24, 2.45) is 0 Å². The van der Waals surface area contributed by atoms with Gasteiger partial charge in [0.2, 0.25) is 0 Å². The topological polar surface area (TPSA) is 25.8 Å². The fourth-order valence-corrected chi connectivity index (χ4v) is 5.38. The molecule has 2 heteroatoms. The molecule has 4 aromatic carbocycles. The zero-order chi connectivity index (χ0) is 27.6. The van der Waals surface area contributed by atoms with Gasteiger partial charge in [0.05, 0.1) is 11.4 Å². The quantitative estimate of drug-likeness (QED) is 0.228. The molecule has 0 aliphatic carbocycles. The first-order valence-electron chi connectivity index (χ1n) is 13.7. The highest BCUT2D eigenvalue weighted by atomic mass is 14.7. The maximum Gasteiger partial charge on any atom is 0.0702 e. The molecule has 2 aromatic heterocycles. The zero-order valence-corrected chi connectivity index (χ0v) is 23.4. The molecule has 2 heterocycles. The van der Waals surface area contributed by atoms with Crippen molar-refractivity contribution < 1.29 is 0 Å². The molecule has 0 unspecified atom stereocenters. The highest BCUT2D eigenvalue weighted by Crippen LogP contribution is 2.41. The van der Waals surface area contributed by atoms with Gasteiger partial charge in [-0.3, -0.25) is 9.97 Å². The second kappa shape index (κ2) is 10.7. The zero-order valence-electron chi connectivity index (χ0n) is 23.4. The number of hydrogen-bond donors (Lipinski definition) is 0. The van der Waals surface area contributed by atoms with E-state index < -0.39 is 0 Å². The first-order chi connectivity index (χ1) is 19.4. The van der Waals surface area contributed by atoms with Crippen molar-refractivity contribution in [2.45, 2.75) is 27.7 Å². The van der Waals surface area contributed by atoms with E-state index in [-0.39, 0.29) is 0 Å². The Morgan fingerprint density at radius 3 is 1.20 bits per heavy atom. The van der Waals surface area contributed by atoms with E-state index in [0.717, 1.165) is 22.5 Å². The third-order valence-corrected chi connectivity index (χ3v) is 7.38. The average molecular weight is 517 g/mol. The number of hydrogen-bond acceptors (Lipinski definition) is 2. The molecular formula is C38H32N2. The lowest BCUT2D eigenvalue weighted by Gasteiger charge is -2.18. The number of nitrogens with zero attached hydrogens (tertiary/aromatic N) is 2. The third kappa shape index (κ3) is 5.21. The van der Waals surface area contributed by atoms with Crippen LogP contribution in [0.1, 0.15) is 22.3 Å². The van der Waals surface area contributed by atoms with Crippen LogP contribution in [0.15, 0.2) is 122 Å². The second-order valence-electron chi connectivity index (χ2n) is 10.7. The summed E-state index contributed by atoms with van der Waals surface area (Å²) in [6.45, 7) is 8.47.